The summed E-state index contributed by atoms with van der Waals surface area (Å²) in [6.45, 7) is 2.49. The molecule has 0 aliphatic rings. The van der Waals surface area contributed by atoms with Gasteiger partial charge in [0.2, 0.25) is 0 Å². The third kappa shape index (κ3) is 4.71. The molecule has 0 aliphatic carbocycles. The number of nitrogens with one attached hydrogen (secondary N) is 1. The van der Waals surface area contributed by atoms with Crippen LogP contribution in [0.15, 0.2) is 53.4 Å². The molecule has 0 heterocycles. The highest BCUT2D eigenvalue weighted by Gasteiger charge is 2.19. The number of carbonyl (C=O) groups excluding carboxylic acids is 1. The Bertz CT molecular complexity index is 805. The molecule has 0 spiro atoms. The number of amides is 1. The van der Waals surface area contributed by atoms with Crippen molar-refractivity contribution in [2.45, 2.75) is 18.2 Å². The fourth-order valence-electron chi connectivity index (χ4n) is 1.82. The number of rotatable bonds is 6. The lowest BCUT2D eigenvalue weighted by atomic mass is 10.2. The molecule has 2 aromatic rings. The first kappa shape index (κ1) is 17.3. The summed E-state index contributed by atoms with van der Waals surface area (Å²) in [4.78, 5) is 12.1. The van der Waals surface area contributed by atoms with Crippen LogP contribution >= 0.6 is 11.6 Å². The van der Waals surface area contributed by atoms with Crippen molar-refractivity contribution in [1.82, 2.24) is 4.72 Å². The van der Waals surface area contributed by atoms with Crippen LogP contribution in [0.25, 0.3) is 0 Å². The summed E-state index contributed by atoms with van der Waals surface area (Å²) in [5.41, 5.74) is 0.198. The molecule has 0 aliphatic heterocycles. The molecule has 0 saturated carbocycles. The normalized spacial score (nSPS) is 11.0. The highest BCUT2D eigenvalue weighted by Crippen LogP contribution is 2.17. The maximum atomic E-state index is 12.2. The van der Waals surface area contributed by atoms with Crippen LogP contribution in [0.2, 0.25) is 5.02 Å². The zero-order chi connectivity index (χ0) is 16.9. The minimum Gasteiger partial charge on any atom is -0.494 e. The first-order valence-corrected chi connectivity index (χ1v) is 8.84. The highest BCUT2D eigenvalue weighted by atomic mass is 35.5. The van der Waals surface area contributed by atoms with Crippen molar-refractivity contribution < 1.29 is 17.9 Å². The topological polar surface area (TPSA) is 72.5 Å². The average molecular weight is 354 g/mol. The first-order valence-electron chi connectivity index (χ1n) is 6.98. The predicted octanol–water partition coefficient (Wildman–Crippen LogP) is 3.25. The van der Waals surface area contributed by atoms with Crippen LogP contribution in [0.5, 0.6) is 5.75 Å². The van der Waals surface area contributed by atoms with E-state index in [0.717, 1.165) is 6.42 Å². The largest absolute Gasteiger partial charge is 0.494 e. The maximum Gasteiger partial charge on any atom is 0.265 e. The van der Waals surface area contributed by atoms with E-state index in [0.29, 0.717) is 12.4 Å². The van der Waals surface area contributed by atoms with Crippen molar-refractivity contribution in [2.24, 2.45) is 0 Å². The van der Waals surface area contributed by atoms with E-state index in [4.69, 9.17) is 16.3 Å². The van der Waals surface area contributed by atoms with Gasteiger partial charge in [-0.25, -0.2) is 13.1 Å². The van der Waals surface area contributed by atoms with E-state index in [2.05, 4.69) is 0 Å². The van der Waals surface area contributed by atoms with Gasteiger partial charge in [0.05, 0.1) is 11.5 Å². The minimum atomic E-state index is -3.98. The van der Waals surface area contributed by atoms with Gasteiger partial charge in [0.1, 0.15) is 5.75 Å². The van der Waals surface area contributed by atoms with Gasteiger partial charge in [0.15, 0.2) is 0 Å². The molecule has 0 bridgehead atoms. The Hall–Kier alpha value is -2.05. The molecular weight excluding hydrogens is 338 g/mol. The molecule has 0 aromatic heterocycles. The van der Waals surface area contributed by atoms with Gasteiger partial charge in [-0.15, -0.1) is 0 Å². The Morgan fingerprint density at radius 1 is 1.17 bits per heavy atom. The van der Waals surface area contributed by atoms with Crippen molar-refractivity contribution in [3.63, 3.8) is 0 Å². The van der Waals surface area contributed by atoms with Crippen LogP contribution in [-0.4, -0.2) is 20.9 Å². The molecule has 7 heteroatoms. The zero-order valence-corrected chi connectivity index (χ0v) is 14.0. The number of benzene rings is 2. The first-order chi connectivity index (χ1) is 10.9. The standard InChI is InChI=1S/C16H16ClNO4S/c1-2-9-22-14-7-3-5-12(10-14)16(19)18-23(20,21)15-8-4-6-13(17)11-15/h3-8,10-11H,2,9H2,1H3,(H,18,19). The Morgan fingerprint density at radius 2 is 1.91 bits per heavy atom. The van der Waals surface area contributed by atoms with Crippen LogP contribution in [0.4, 0.5) is 0 Å². The fraction of sp³-hybridized carbons (Fsp3) is 0.188. The van der Waals surface area contributed by atoms with Crippen molar-refractivity contribution in [1.29, 1.82) is 0 Å². The van der Waals surface area contributed by atoms with Gasteiger partial charge in [-0.1, -0.05) is 30.7 Å². The summed E-state index contributed by atoms with van der Waals surface area (Å²) in [6.07, 6.45) is 0.833. The number of sulfonamides is 1. The lowest BCUT2D eigenvalue weighted by molar-refractivity contribution is 0.0981. The third-order valence-corrected chi connectivity index (χ3v) is 4.47. The second-order valence-corrected chi connectivity index (χ2v) is 6.89. The Balaban J connectivity index is 2.18. The van der Waals surface area contributed by atoms with E-state index in [-0.39, 0.29) is 15.5 Å². The van der Waals surface area contributed by atoms with Crippen molar-refractivity contribution >= 4 is 27.5 Å². The molecule has 122 valence electrons. The Kier molecular flexibility index (Phi) is 5.63. The quantitative estimate of drug-likeness (QED) is 0.865. The SMILES string of the molecule is CCCOc1cccc(C(=O)NS(=O)(=O)c2cccc(Cl)c2)c1. The van der Waals surface area contributed by atoms with Crippen LogP contribution in [0.1, 0.15) is 23.7 Å². The number of hydrogen-bond donors (Lipinski definition) is 1. The molecule has 0 unspecified atom stereocenters. The van der Waals surface area contributed by atoms with Crippen LogP contribution in [0, 0.1) is 0 Å². The van der Waals surface area contributed by atoms with Crippen molar-refractivity contribution in [2.75, 3.05) is 6.61 Å². The molecule has 0 saturated heterocycles. The van der Waals surface area contributed by atoms with Crippen molar-refractivity contribution in [3.8, 4) is 5.75 Å². The second-order valence-electron chi connectivity index (χ2n) is 4.77. The highest BCUT2D eigenvalue weighted by molar-refractivity contribution is 7.90. The van der Waals surface area contributed by atoms with Gasteiger partial charge in [-0.05, 0) is 42.8 Å². The van der Waals surface area contributed by atoms with Crippen LogP contribution < -0.4 is 9.46 Å². The molecule has 0 atom stereocenters. The molecule has 2 aromatic carbocycles. The zero-order valence-electron chi connectivity index (χ0n) is 12.5. The molecule has 23 heavy (non-hydrogen) atoms. The van der Waals surface area contributed by atoms with E-state index in [1.54, 1.807) is 18.2 Å². The fourth-order valence-corrected chi connectivity index (χ4v) is 3.10. The van der Waals surface area contributed by atoms with E-state index >= 15 is 0 Å². The van der Waals surface area contributed by atoms with Gasteiger partial charge in [0, 0.05) is 10.6 Å². The Morgan fingerprint density at radius 3 is 2.61 bits per heavy atom. The summed E-state index contributed by atoms with van der Waals surface area (Å²) >= 11 is 5.78. The number of hydrogen-bond acceptors (Lipinski definition) is 4. The number of halogens is 1. The van der Waals surface area contributed by atoms with Crippen LogP contribution in [-0.2, 0) is 10.0 Å². The number of ether oxygens (including phenoxy) is 1. The van der Waals surface area contributed by atoms with Gasteiger partial charge < -0.3 is 4.74 Å². The summed E-state index contributed by atoms with van der Waals surface area (Å²) in [5.74, 6) is -0.216. The molecule has 1 amide bonds. The molecule has 0 radical (unpaired) electrons. The summed E-state index contributed by atoms with van der Waals surface area (Å²) in [6, 6.07) is 12.0. The van der Waals surface area contributed by atoms with Crippen LogP contribution in [0.3, 0.4) is 0 Å². The summed E-state index contributed by atoms with van der Waals surface area (Å²) < 4.78 is 31.9. The lowest BCUT2D eigenvalue weighted by Crippen LogP contribution is -2.30. The molecule has 0 fully saturated rings. The Labute approximate surface area is 140 Å². The summed E-state index contributed by atoms with van der Waals surface area (Å²) in [5, 5.41) is 0.273. The molecule has 5 nitrogen and oxygen atoms in total. The van der Waals surface area contributed by atoms with Gasteiger partial charge >= 0.3 is 0 Å². The van der Waals surface area contributed by atoms with Gasteiger partial charge in [0.25, 0.3) is 15.9 Å². The molecule has 1 N–H and O–H groups in total. The van der Waals surface area contributed by atoms with Gasteiger partial charge in [-0.3, -0.25) is 4.79 Å². The lowest BCUT2D eigenvalue weighted by Gasteiger charge is -2.09. The monoisotopic (exact) mass is 353 g/mol. The van der Waals surface area contributed by atoms with E-state index in [1.165, 1.54) is 30.3 Å². The third-order valence-electron chi connectivity index (χ3n) is 2.90. The maximum absolute atomic E-state index is 12.2. The average Bonchev–Trinajstić information content (AvgIpc) is 2.53. The smallest absolute Gasteiger partial charge is 0.265 e. The summed E-state index contributed by atoms with van der Waals surface area (Å²) in [7, 11) is -3.98. The van der Waals surface area contributed by atoms with E-state index in [1.807, 2.05) is 11.6 Å². The number of carbonyl (C=O) groups is 1. The molecular formula is C16H16ClNO4S. The molecule has 2 rings (SSSR count). The predicted molar refractivity (Wildman–Crippen MR) is 88.3 cm³/mol. The van der Waals surface area contributed by atoms with E-state index in [9.17, 15) is 13.2 Å². The minimum absolute atomic E-state index is 0.0725. The van der Waals surface area contributed by atoms with E-state index < -0.39 is 15.9 Å². The van der Waals surface area contributed by atoms with Gasteiger partial charge in [-0.2, -0.15) is 0 Å². The van der Waals surface area contributed by atoms with Crippen molar-refractivity contribution in [3.05, 3.63) is 59.1 Å². The second kappa shape index (κ2) is 7.48.